The Labute approximate surface area is 313 Å². The van der Waals surface area contributed by atoms with Crippen LogP contribution in [-0.4, -0.2) is 30.7 Å². The van der Waals surface area contributed by atoms with Crippen LogP contribution in [0.4, 0.5) is 26.3 Å². The summed E-state index contributed by atoms with van der Waals surface area (Å²) < 4.78 is 102. The summed E-state index contributed by atoms with van der Waals surface area (Å²) in [6.07, 6.45) is 12.4. The molecule has 0 saturated carbocycles. The van der Waals surface area contributed by atoms with Crippen LogP contribution in [0, 0.1) is 34.9 Å². The quantitative estimate of drug-likeness (QED) is 0.0569. The van der Waals surface area contributed by atoms with Gasteiger partial charge in [-0.2, -0.15) is 8.78 Å². The lowest BCUT2D eigenvalue weighted by molar-refractivity contribution is -0.119. The Morgan fingerprint density at radius 3 is 1.41 bits per heavy atom. The van der Waals surface area contributed by atoms with Crippen molar-refractivity contribution in [3.8, 4) is 45.3 Å². The Kier molecular flexibility index (Phi) is 17.1. The van der Waals surface area contributed by atoms with E-state index in [1.165, 1.54) is 42.5 Å². The van der Waals surface area contributed by atoms with E-state index < -0.39 is 40.7 Å². The van der Waals surface area contributed by atoms with Gasteiger partial charge < -0.3 is 19.3 Å². The van der Waals surface area contributed by atoms with E-state index in [0.717, 1.165) is 95.2 Å². The highest BCUT2D eigenvalue weighted by Crippen LogP contribution is 2.34. The van der Waals surface area contributed by atoms with Gasteiger partial charge in [0.05, 0.1) is 19.8 Å². The van der Waals surface area contributed by atoms with E-state index in [0.29, 0.717) is 43.3 Å². The first kappa shape index (κ1) is 42.1. The Balaban J connectivity index is 0.965. The largest absolute Gasteiger partial charge is 0.505 e. The van der Waals surface area contributed by atoms with Crippen LogP contribution in [0.2, 0.25) is 0 Å². The first-order valence-electron chi connectivity index (χ1n) is 18.8. The zero-order valence-corrected chi connectivity index (χ0v) is 30.6. The van der Waals surface area contributed by atoms with Gasteiger partial charge in [0.25, 0.3) is 0 Å². The molecule has 11 heteroatoms. The molecular weight excluding hydrogens is 710 g/mol. The molecule has 0 aliphatic heterocycles. The minimum absolute atomic E-state index is 0.0616. The molecule has 292 valence electrons. The van der Waals surface area contributed by atoms with Gasteiger partial charge in [-0.15, -0.1) is 0 Å². The third kappa shape index (κ3) is 12.5. The van der Waals surface area contributed by atoms with E-state index in [1.807, 2.05) is 0 Å². The Morgan fingerprint density at radius 1 is 0.500 bits per heavy atom. The summed E-state index contributed by atoms with van der Waals surface area (Å²) in [5, 5.41) is 9.28. The number of aromatic hydroxyl groups is 1. The van der Waals surface area contributed by atoms with Crippen molar-refractivity contribution in [1.82, 2.24) is 0 Å². The van der Waals surface area contributed by atoms with Crippen molar-refractivity contribution in [2.24, 2.45) is 0 Å². The molecule has 0 unspecified atom stereocenters. The van der Waals surface area contributed by atoms with Gasteiger partial charge in [-0.3, -0.25) is 4.79 Å². The molecule has 0 bridgehead atoms. The fourth-order valence-electron chi connectivity index (χ4n) is 6.13. The molecule has 4 aromatic carbocycles. The first-order chi connectivity index (χ1) is 26.1. The van der Waals surface area contributed by atoms with Crippen LogP contribution in [0.1, 0.15) is 96.8 Å². The van der Waals surface area contributed by atoms with E-state index in [4.69, 9.17) is 14.2 Å². The average molecular weight is 759 g/mol. The number of phenols is 1. The van der Waals surface area contributed by atoms with Crippen molar-refractivity contribution in [2.75, 3.05) is 19.8 Å². The molecule has 0 atom stereocenters. The molecule has 0 aliphatic rings. The molecular formula is C43H48F6O5. The number of carbonyl (C=O) groups excluding carboxylic acids is 1. The highest BCUT2D eigenvalue weighted by molar-refractivity contribution is 5.78. The zero-order chi connectivity index (χ0) is 38.9. The van der Waals surface area contributed by atoms with Crippen LogP contribution in [-0.2, 0) is 4.79 Å². The van der Waals surface area contributed by atoms with Gasteiger partial charge in [0.15, 0.2) is 23.1 Å². The van der Waals surface area contributed by atoms with E-state index in [2.05, 4.69) is 0 Å². The summed E-state index contributed by atoms with van der Waals surface area (Å²) in [5.41, 5.74) is -0.659. The number of hydrogen-bond acceptors (Lipinski definition) is 5. The molecule has 54 heavy (non-hydrogen) atoms. The molecule has 0 saturated heterocycles. The van der Waals surface area contributed by atoms with Crippen LogP contribution in [0.3, 0.4) is 0 Å². The topological polar surface area (TPSA) is 65.0 Å². The molecule has 4 rings (SSSR count). The molecule has 4 aromatic rings. The van der Waals surface area contributed by atoms with E-state index in [-0.39, 0.29) is 34.6 Å². The number of ketones is 1. The van der Waals surface area contributed by atoms with Crippen molar-refractivity contribution >= 4 is 5.78 Å². The number of ether oxygens (including phenoxy) is 3. The smallest absolute Gasteiger partial charge is 0.201 e. The van der Waals surface area contributed by atoms with E-state index in [9.17, 15) is 36.2 Å². The predicted octanol–water partition coefficient (Wildman–Crippen LogP) is 12.4. The van der Waals surface area contributed by atoms with Gasteiger partial charge in [0, 0.05) is 47.2 Å². The summed E-state index contributed by atoms with van der Waals surface area (Å²) >= 11 is 0. The summed E-state index contributed by atoms with van der Waals surface area (Å²) in [5.74, 6) is -6.67. The van der Waals surface area contributed by atoms with Crippen LogP contribution in [0.25, 0.3) is 22.3 Å². The summed E-state index contributed by atoms with van der Waals surface area (Å²) in [4.78, 5) is 12.3. The molecule has 5 nitrogen and oxygen atoms in total. The second kappa shape index (κ2) is 21.9. The molecule has 0 spiro atoms. The summed E-state index contributed by atoms with van der Waals surface area (Å²) in [6, 6.07) is 12.7. The second-order valence-corrected chi connectivity index (χ2v) is 13.2. The fourth-order valence-corrected chi connectivity index (χ4v) is 6.13. The van der Waals surface area contributed by atoms with Gasteiger partial charge in [-0.1, -0.05) is 51.4 Å². The number of phenolic OH excluding ortho intramolecular Hbond substituents is 1. The number of Topliss-reactive ketones (excluding diaryl/α,β-unsaturated/α-hetero) is 1. The molecule has 0 fully saturated rings. The van der Waals surface area contributed by atoms with E-state index in [1.54, 1.807) is 6.92 Å². The highest BCUT2D eigenvalue weighted by Gasteiger charge is 2.19. The third-order valence-electron chi connectivity index (χ3n) is 9.11. The lowest BCUT2D eigenvalue weighted by Crippen LogP contribution is -2.00. The minimum Gasteiger partial charge on any atom is -0.505 e. The summed E-state index contributed by atoms with van der Waals surface area (Å²) in [7, 11) is 0. The van der Waals surface area contributed by atoms with Crippen molar-refractivity contribution in [1.29, 1.82) is 0 Å². The normalized spacial score (nSPS) is 11.2. The maximum atomic E-state index is 14.7. The van der Waals surface area contributed by atoms with Crippen LogP contribution < -0.4 is 14.2 Å². The number of carbonyl (C=O) groups is 1. The Hall–Kier alpha value is -4.67. The van der Waals surface area contributed by atoms with Gasteiger partial charge in [-0.25, -0.2) is 17.6 Å². The lowest BCUT2D eigenvalue weighted by Gasteiger charge is -2.11. The average Bonchev–Trinajstić information content (AvgIpc) is 3.15. The van der Waals surface area contributed by atoms with Gasteiger partial charge in [0.2, 0.25) is 11.6 Å². The number of hydrogen-bond donors (Lipinski definition) is 1. The van der Waals surface area contributed by atoms with Crippen LogP contribution in [0.5, 0.6) is 23.0 Å². The zero-order valence-electron chi connectivity index (χ0n) is 30.6. The van der Waals surface area contributed by atoms with Gasteiger partial charge in [-0.05, 0) is 81.1 Å². The predicted molar refractivity (Wildman–Crippen MR) is 197 cm³/mol. The maximum Gasteiger partial charge on any atom is 0.201 e. The minimum atomic E-state index is -1.42. The highest BCUT2D eigenvalue weighted by atomic mass is 19.2. The SMILES string of the molecule is CCOc1ccc(-c2ccc(OCCCCCCCCC(=O)CCCCCCCCOc3ccc(-c4ccc(O)c(F)c4F)c(F)c3)cc2F)c(F)c1F. The lowest BCUT2D eigenvalue weighted by atomic mass is 10.0. The van der Waals surface area contributed by atoms with Crippen molar-refractivity contribution in [2.45, 2.75) is 96.8 Å². The molecule has 0 heterocycles. The van der Waals surface area contributed by atoms with E-state index >= 15 is 0 Å². The Morgan fingerprint density at radius 2 is 0.926 bits per heavy atom. The van der Waals surface area contributed by atoms with Gasteiger partial charge in [0.1, 0.15) is 28.9 Å². The molecule has 0 aromatic heterocycles. The summed E-state index contributed by atoms with van der Waals surface area (Å²) in [6.45, 7) is 2.64. The van der Waals surface area contributed by atoms with Crippen LogP contribution in [0.15, 0.2) is 60.7 Å². The monoisotopic (exact) mass is 758 g/mol. The number of benzene rings is 4. The first-order valence-corrected chi connectivity index (χ1v) is 18.8. The van der Waals surface area contributed by atoms with Crippen molar-refractivity contribution < 1.29 is 50.5 Å². The maximum absolute atomic E-state index is 14.7. The van der Waals surface area contributed by atoms with Crippen molar-refractivity contribution in [3.63, 3.8) is 0 Å². The molecule has 1 N–H and O–H groups in total. The Bertz CT molecular complexity index is 1810. The van der Waals surface area contributed by atoms with Gasteiger partial charge >= 0.3 is 0 Å². The van der Waals surface area contributed by atoms with Crippen LogP contribution >= 0.6 is 0 Å². The number of halogens is 6. The molecule has 0 radical (unpaired) electrons. The molecule has 0 aliphatic carbocycles. The number of rotatable bonds is 24. The number of unbranched alkanes of at least 4 members (excludes halogenated alkanes) is 10. The molecule has 0 amide bonds. The third-order valence-corrected chi connectivity index (χ3v) is 9.11. The van der Waals surface area contributed by atoms with Crippen molar-refractivity contribution in [3.05, 3.63) is 95.6 Å². The fraction of sp³-hybridized carbons (Fsp3) is 0.419. The standard InChI is InChI=1S/C43H48F6O5/c1-2-52-39-24-22-35(41(47)43(39)49)33-20-18-31(28-37(33)45)54-26-14-10-6-4-8-12-16-29(50)15-11-7-3-5-9-13-25-53-30-17-19-32(36(44)27-30)34-21-23-38(51)42(48)40(34)46/h17-24,27-28,51H,2-16,25-26H2,1H3. The second-order valence-electron chi connectivity index (χ2n) is 13.2.